The Balaban J connectivity index is 2.12. The summed E-state index contributed by atoms with van der Waals surface area (Å²) in [7, 11) is 0. The SMILES string of the molecule is O=C1CCC2=C1Cc1c([nH][nH]c1=O)N2. The Morgan fingerprint density at radius 3 is 2.79 bits per heavy atom. The van der Waals surface area contributed by atoms with Crippen molar-refractivity contribution in [3.05, 3.63) is 27.2 Å². The van der Waals surface area contributed by atoms with Crippen LogP contribution in [0.5, 0.6) is 0 Å². The maximum atomic E-state index is 11.4. The molecule has 1 aromatic heterocycles. The van der Waals surface area contributed by atoms with Crippen LogP contribution < -0.4 is 10.9 Å². The molecule has 0 fully saturated rings. The van der Waals surface area contributed by atoms with E-state index < -0.39 is 0 Å². The molecule has 72 valence electrons. The van der Waals surface area contributed by atoms with Gasteiger partial charge in [-0.25, -0.2) is 0 Å². The molecule has 14 heavy (non-hydrogen) atoms. The molecule has 0 saturated heterocycles. The number of allylic oxidation sites excluding steroid dienone is 2. The summed E-state index contributed by atoms with van der Waals surface area (Å²) in [5.41, 5.74) is 2.25. The van der Waals surface area contributed by atoms with Crippen molar-refractivity contribution >= 4 is 11.6 Å². The summed E-state index contributed by atoms with van der Waals surface area (Å²) in [6.45, 7) is 0. The zero-order valence-corrected chi connectivity index (χ0v) is 7.44. The first-order valence-corrected chi connectivity index (χ1v) is 4.57. The van der Waals surface area contributed by atoms with Gasteiger partial charge in [0.15, 0.2) is 5.78 Å². The number of aromatic amines is 2. The van der Waals surface area contributed by atoms with Crippen molar-refractivity contribution in [1.29, 1.82) is 0 Å². The maximum absolute atomic E-state index is 11.4. The second-order valence-electron chi connectivity index (χ2n) is 3.61. The van der Waals surface area contributed by atoms with Crippen LogP contribution in [-0.4, -0.2) is 16.0 Å². The third kappa shape index (κ3) is 0.837. The van der Waals surface area contributed by atoms with E-state index in [1.165, 1.54) is 0 Å². The summed E-state index contributed by atoms with van der Waals surface area (Å²) in [5.74, 6) is 0.877. The van der Waals surface area contributed by atoms with Gasteiger partial charge in [-0.05, 0) is 6.42 Å². The van der Waals surface area contributed by atoms with Gasteiger partial charge < -0.3 is 5.32 Å². The van der Waals surface area contributed by atoms with Gasteiger partial charge in [-0.2, -0.15) is 0 Å². The number of ketones is 1. The molecular formula is C9H9N3O2. The Labute approximate surface area is 79.2 Å². The molecule has 0 unspecified atom stereocenters. The van der Waals surface area contributed by atoms with E-state index in [1.54, 1.807) is 0 Å². The van der Waals surface area contributed by atoms with Crippen molar-refractivity contribution in [3.63, 3.8) is 0 Å². The van der Waals surface area contributed by atoms with Crippen molar-refractivity contribution in [2.24, 2.45) is 0 Å². The van der Waals surface area contributed by atoms with Crippen LogP contribution in [0.3, 0.4) is 0 Å². The quantitative estimate of drug-likeness (QED) is 0.551. The number of fused-ring (bicyclic) bond motifs is 1. The van der Waals surface area contributed by atoms with Gasteiger partial charge in [-0.15, -0.1) is 0 Å². The van der Waals surface area contributed by atoms with Crippen molar-refractivity contribution in [2.45, 2.75) is 19.3 Å². The highest BCUT2D eigenvalue weighted by Gasteiger charge is 2.29. The standard InChI is InChI=1S/C9H9N3O2/c13-7-2-1-6-4(7)3-5-8(10-6)11-12-9(5)14/h1-3H2,(H3,10,11,12,14). The number of anilines is 1. The van der Waals surface area contributed by atoms with E-state index in [-0.39, 0.29) is 11.3 Å². The van der Waals surface area contributed by atoms with E-state index in [4.69, 9.17) is 0 Å². The zero-order chi connectivity index (χ0) is 9.71. The van der Waals surface area contributed by atoms with E-state index in [9.17, 15) is 9.59 Å². The normalized spacial score (nSPS) is 19.3. The molecule has 0 atom stereocenters. The number of carbonyl (C=O) groups excluding carboxylic acids is 1. The van der Waals surface area contributed by atoms with Crippen molar-refractivity contribution in [2.75, 3.05) is 5.32 Å². The van der Waals surface area contributed by atoms with E-state index in [2.05, 4.69) is 15.5 Å². The Morgan fingerprint density at radius 1 is 1.07 bits per heavy atom. The van der Waals surface area contributed by atoms with Gasteiger partial charge in [0.05, 0.1) is 5.56 Å². The molecule has 5 heteroatoms. The number of aromatic nitrogens is 2. The highest BCUT2D eigenvalue weighted by molar-refractivity contribution is 6.00. The van der Waals surface area contributed by atoms with Crippen molar-refractivity contribution in [1.82, 2.24) is 10.2 Å². The summed E-state index contributed by atoms with van der Waals surface area (Å²) in [6, 6.07) is 0. The van der Waals surface area contributed by atoms with Gasteiger partial charge in [0, 0.05) is 24.1 Å². The summed E-state index contributed by atoms with van der Waals surface area (Å²) in [4.78, 5) is 22.7. The van der Waals surface area contributed by atoms with Gasteiger partial charge in [0.1, 0.15) is 5.82 Å². The van der Waals surface area contributed by atoms with E-state index in [0.717, 1.165) is 17.7 Å². The number of hydrogen-bond donors (Lipinski definition) is 3. The molecule has 0 spiro atoms. The van der Waals surface area contributed by atoms with Crippen LogP contribution >= 0.6 is 0 Å². The van der Waals surface area contributed by atoms with Crippen LogP contribution in [0.15, 0.2) is 16.1 Å². The Morgan fingerprint density at radius 2 is 1.93 bits per heavy atom. The molecule has 0 bridgehead atoms. The Bertz CT molecular complexity index is 506. The number of H-pyrrole nitrogens is 2. The Kier molecular flexibility index (Phi) is 1.29. The summed E-state index contributed by atoms with van der Waals surface area (Å²) >= 11 is 0. The minimum atomic E-state index is -0.140. The molecule has 0 amide bonds. The lowest BCUT2D eigenvalue weighted by Gasteiger charge is -2.14. The monoisotopic (exact) mass is 191 g/mol. The molecule has 3 rings (SSSR count). The third-order valence-electron chi connectivity index (χ3n) is 2.81. The first-order chi connectivity index (χ1) is 6.75. The lowest BCUT2D eigenvalue weighted by atomic mass is 10.0. The molecule has 2 aliphatic rings. The van der Waals surface area contributed by atoms with Crippen LogP contribution in [0.25, 0.3) is 0 Å². The first kappa shape index (κ1) is 7.61. The van der Waals surface area contributed by atoms with Crippen LogP contribution in [0.4, 0.5) is 5.82 Å². The molecule has 1 aromatic rings. The third-order valence-corrected chi connectivity index (χ3v) is 2.81. The van der Waals surface area contributed by atoms with E-state index >= 15 is 0 Å². The molecular weight excluding hydrogens is 182 g/mol. The average Bonchev–Trinajstić information content (AvgIpc) is 2.71. The van der Waals surface area contributed by atoms with Gasteiger partial charge in [-0.3, -0.25) is 19.8 Å². The molecule has 2 heterocycles. The van der Waals surface area contributed by atoms with Gasteiger partial charge in [0.25, 0.3) is 5.56 Å². The molecule has 5 nitrogen and oxygen atoms in total. The van der Waals surface area contributed by atoms with Crippen LogP contribution in [-0.2, 0) is 11.2 Å². The second kappa shape index (κ2) is 2.37. The molecule has 0 saturated carbocycles. The van der Waals surface area contributed by atoms with Crippen molar-refractivity contribution < 1.29 is 4.79 Å². The van der Waals surface area contributed by atoms with Gasteiger partial charge >= 0.3 is 0 Å². The highest BCUT2D eigenvalue weighted by Crippen LogP contribution is 2.31. The number of rotatable bonds is 0. The largest absolute Gasteiger partial charge is 0.343 e. The predicted molar refractivity (Wildman–Crippen MR) is 50.0 cm³/mol. The van der Waals surface area contributed by atoms with E-state index in [0.29, 0.717) is 24.2 Å². The van der Waals surface area contributed by atoms with Crippen LogP contribution in [0.2, 0.25) is 0 Å². The fraction of sp³-hybridized carbons (Fsp3) is 0.333. The number of hydrogen-bond acceptors (Lipinski definition) is 3. The summed E-state index contributed by atoms with van der Waals surface area (Å²) in [5, 5.41) is 8.34. The number of Topliss-reactive ketones (excluding diaryl/α,β-unsaturated/α-hetero) is 1. The highest BCUT2D eigenvalue weighted by atomic mass is 16.1. The van der Waals surface area contributed by atoms with Crippen molar-refractivity contribution in [3.8, 4) is 0 Å². The Hall–Kier alpha value is -1.78. The molecule has 0 radical (unpaired) electrons. The second-order valence-corrected chi connectivity index (χ2v) is 3.61. The predicted octanol–water partition coefficient (Wildman–Crippen LogP) is 0.288. The fourth-order valence-corrected chi connectivity index (χ4v) is 2.04. The maximum Gasteiger partial charge on any atom is 0.269 e. The number of nitrogens with one attached hydrogen (secondary N) is 3. The number of carbonyl (C=O) groups is 1. The van der Waals surface area contributed by atoms with E-state index in [1.807, 2.05) is 0 Å². The fourth-order valence-electron chi connectivity index (χ4n) is 2.04. The molecule has 1 aliphatic carbocycles. The van der Waals surface area contributed by atoms with Crippen LogP contribution in [0, 0.1) is 0 Å². The first-order valence-electron chi connectivity index (χ1n) is 4.57. The lowest BCUT2D eigenvalue weighted by Crippen LogP contribution is -2.16. The van der Waals surface area contributed by atoms with Gasteiger partial charge in [-0.1, -0.05) is 0 Å². The molecule has 1 aliphatic heterocycles. The summed E-state index contributed by atoms with van der Waals surface area (Å²) in [6.07, 6.45) is 1.80. The minimum absolute atomic E-state index is 0.140. The van der Waals surface area contributed by atoms with Gasteiger partial charge in [0.2, 0.25) is 0 Å². The molecule has 0 aromatic carbocycles. The average molecular weight is 191 g/mol. The summed E-state index contributed by atoms with van der Waals surface area (Å²) < 4.78 is 0. The topological polar surface area (TPSA) is 77.8 Å². The minimum Gasteiger partial charge on any atom is -0.343 e. The lowest BCUT2D eigenvalue weighted by molar-refractivity contribution is -0.115. The van der Waals surface area contributed by atoms with Crippen LogP contribution in [0.1, 0.15) is 18.4 Å². The molecule has 3 N–H and O–H groups in total. The zero-order valence-electron chi connectivity index (χ0n) is 7.44. The smallest absolute Gasteiger partial charge is 0.269 e.